The highest BCUT2D eigenvalue weighted by Gasteiger charge is 2.08. The number of carbonyl (C=O) groups excluding carboxylic acids is 1. The molecule has 0 amide bonds. The Balaban J connectivity index is 2.82. The number of carbonyl (C=O) groups is 1. The number of hydrogen-bond donors (Lipinski definition) is 0. The first kappa shape index (κ1) is 13.8. The summed E-state index contributed by atoms with van der Waals surface area (Å²) >= 11 is 0. The van der Waals surface area contributed by atoms with Gasteiger partial charge in [0.25, 0.3) is 0 Å². The molecule has 0 aliphatic carbocycles. The van der Waals surface area contributed by atoms with E-state index >= 15 is 0 Å². The van der Waals surface area contributed by atoms with Crippen LogP contribution in [0.5, 0.6) is 0 Å². The van der Waals surface area contributed by atoms with Crippen LogP contribution in [0.3, 0.4) is 0 Å². The summed E-state index contributed by atoms with van der Waals surface area (Å²) in [6.45, 7) is 6.07. The molecule has 0 N–H and O–H groups in total. The van der Waals surface area contributed by atoms with Crippen molar-refractivity contribution in [2.45, 2.75) is 46.1 Å². The van der Waals surface area contributed by atoms with Gasteiger partial charge in [-0.1, -0.05) is 49.5 Å². The fraction of sp³-hybridized carbons (Fsp3) is 0.500. The van der Waals surface area contributed by atoms with E-state index in [4.69, 9.17) is 12.6 Å². The molecule has 17 heavy (non-hydrogen) atoms. The third-order valence-electron chi connectivity index (χ3n) is 2.85. The molecule has 1 aromatic rings. The van der Waals surface area contributed by atoms with Gasteiger partial charge in [0.1, 0.15) is 14.5 Å². The molecule has 0 spiro atoms. The van der Waals surface area contributed by atoms with E-state index in [1.54, 1.807) is 0 Å². The number of esters is 1. The van der Waals surface area contributed by atoms with Crippen molar-refractivity contribution < 1.29 is 9.53 Å². The van der Waals surface area contributed by atoms with Gasteiger partial charge in [-0.3, -0.25) is 4.79 Å². The highest BCUT2D eigenvalue weighted by atomic mass is 16.5. The van der Waals surface area contributed by atoms with E-state index in [1.165, 1.54) is 6.92 Å². The van der Waals surface area contributed by atoms with Gasteiger partial charge in [-0.15, -0.1) is 0 Å². The zero-order valence-corrected chi connectivity index (χ0v) is 10.8. The Morgan fingerprint density at radius 2 is 2.18 bits per heavy atom. The number of benzene rings is 1. The molecule has 1 atom stereocenters. The van der Waals surface area contributed by atoms with Crippen molar-refractivity contribution in [3.05, 3.63) is 29.3 Å². The lowest BCUT2D eigenvalue weighted by Gasteiger charge is -2.15. The summed E-state index contributed by atoms with van der Waals surface area (Å²) in [7, 11) is 5.97. The van der Waals surface area contributed by atoms with Crippen LogP contribution in [0.1, 0.15) is 50.7 Å². The molecule has 0 aromatic heterocycles. The van der Waals surface area contributed by atoms with Crippen LogP contribution >= 0.6 is 0 Å². The third kappa shape index (κ3) is 4.25. The number of hydrogen-bond acceptors (Lipinski definition) is 2. The average Bonchev–Trinajstić information content (AvgIpc) is 2.28. The van der Waals surface area contributed by atoms with Crippen molar-refractivity contribution in [3.8, 4) is 0 Å². The molecule has 0 bridgehead atoms. The zero-order valence-electron chi connectivity index (χ0n) is 10.8. The lowest BCUT2D eigenvalue weighted by atomic mass is 9.82. The van der Waals surface area contributed by atoms with Gasteiger partial charge in [-0.25, -0.2) is 0 Å². The smallest absolute Gasteiger partial charge is 0.302 e. The minimum Gasteiger partial charge on any atom is -0.461 e. The van der Waals surface area contributed by atoms with Gasteiger partial charge in [0.2, 0.25) is 0 Å². The maximum atomic E-state index is 10.8. The van der Waals surface area contributed by atoms with Gasteiger partial charge in [0.15, 0.2) is 0 Å². The van der Waals surface area contributed by atoms with Crippen LogP contribution in [0.2, 0.25) is 0 Å². The Bertz CT molecular complexity index is 388. The topological polar surface area (TPSA) is 26.3 Å². The van der Waals surface area contributed by atoms with E-state index in [0.29, 0.717) is 12.5 Å². The van der Waals surface area contributed by atoms with Crippen LogP contribution in [-0.2, 0) is 16.1 Å². The minimum absolute atomic E-state index is 0.259. The standard InChI is InChI=1S/C14H19BO2/c1-4-5-10(2)13-8-12(6-7-14(13)15)9-17-11(3)16/h6-8,10H,4-5,9H2,1-3H3. The van der Waals surface area contributed by atoms with Crippen LogP contribution in [0.15, 0.2) is 18.2 Å². The quantitative estimate of drug-likeness (QED) is 0.573. The first-order chi connectivity index (χ1) is 8.04. The Hall–Kier alpha value is -1.25. The first-order valence-electron chi connectivity index (χ1n) is 6.06. The average molecular weight is 230 g/mol. The van der Waals surface area contributed by atoms with Crippen molar-refractivity contribution in [2.75, 3.05) is 0 Å². The molecule has 0 fully saturated rings. The maximum Gasteiger partial charge on any atom is 0.302 e. The summed E-state index contributed by atoms with van der Waals surface area (Å²) < 4.78 is 4.98. The molecular weight excluding hydrogens is 211 g/mol. The summed E-state index contributed by atoms with van der Waals surface area (Å²) in [4.78, 5) is 10.8. The molecule has 0 heterocycles. The molecule has 1 rings (SSSR count). The molecule has 0 saturated heterocycles. The van der Waals surface area contributed by atoms with Crippen LogP contribution < -0.4 is 5.46 Å². The minimum atomic E-state index is -0.259. The highest BCUT2D eigenvalue weighted by molar-refractivity contribution is 6.33. The van der Waals surface area contributed by atoms with Crippen LogP contribution in [0, 0.1) is 0 Å². The summed E-state index contributed by atoms with van der Waals surface area (Å²) in [5.74, 6) is 0.183. The van der Waals surface area contributed by atoms with Crippen LogP contribution in [-0.4, -0.2) is 13.8 Å². The molecule has 2 radical (unpaired) electrons. The zero-order chi connectivity index (χ0) is 12.8. The molecule has 1 unspecified atom stereocenters. The van der Waals surface area contributed by atoms with Gasteiger partial charge in [-0.05, 0) is 17.9 Å². The number of ether oxygens (including phenoxy) is 1. The van der Waals surface area contributed by atoms with E-state index in [0.717, 1.165) is 29.4 Å². The normalized spacial score (nSPS) is 12.2. The second-order valence-electron chi connectivity index (χ2n) is 4.43. The van der Waals surface area contributed by atoms with Gasteiger partial charge in [-0.2, -0.15) is 0 Å². The van der Waals surface area contributed by atoms with E-state index < -0.39 is 0 Å². The molecule has 0 aliphatic heterocycles. The van der Waals surface area contributed by atoms with Crippen molar-refractivity contribution in [1.82, 2.24) is 0 Å². The summed E-state index contributed by atoms with van der Waals surface area (Å²) in [6.07, 6.45) is 2.25. The summed E-state index contributed by atoms with van der Waals surface area (Å²) in [6, 6.07) is 5.83. The van der Waals surface area contributed by atoms with Gasteiger partial charge in [0, 0.05) is 6.92 Å². The van der Waals surface area contributed by atoms with Crippen molar-refractivity contribution in [3.63, 3.8) is 0 Å². The molecule has 2 nitrogen and oxygen atoms in total. The molecule has 3 heteroatoms. The maximum absolute atomic E-state index is 10.8. The predicted octanol–water partition coefficient (Wildman–Crippen LogP) is 2.45. The highest BCUT2D eigenvalue weighted by Crippen LogP contribution is 2.19. The molecule has 90 valence electrons. The molecule has 1 aromatic carbocycles. The molecule has 0 saturated carbocycles. The first-order valence-corrected chi connectivity index (χ1v) is 6.06. The Kier molecular flexibility index (Phi) is 5.27. The summed E-state index contributed by atoms with van der Waals surface area (Å²) in [5.41, 5.74) is 2.96. The Labute approximate surface area is 105 Å². The monoisotopic (exact) mass is 230 g/mol. The van der Waals surface area contributed by atoms with Crippen molar-refractivity contribution in [1.29, 1.82) is 0 Å². The Morgan fingerprint density at radius 3 is 2.76 bits per heavy atom. The summed E-state index contributed by atoms with van der Waals surface area (Å²) in [5, 5.41) is 0. The SMILES string of the molecule is [B]c1ccc(COC(C)=O)cc1C(C)CCC. The van der Waals surface area contributed by atoms with Crippen LogP contribution in [0.4, 0.5) is 0 Å². The fourth-order valence-corrected chi connectivity index (χ4v) is 1.91. The third-order valence-corrected chi connectivity index (χ3v) is 2.85. The van der Waals surface area contributed by atoms with E-state index in [2.05, 4.69) is 13.8 Å². The predicted molar refractivity (Wildman–Crippen MR) is 70.6 cm³/mol. The molecule has 0 aliphatic rings. The Morgan fingerprint density at radius 1 is 1.47 bits per heavy atom. The number of rotatable bonds is 5. The van der Waals surface area contributed by atoms with E-state index in [1.807, 2.05) is 18.2 Å². The largest absolute Gasteiger partial charge is 0.461 e. The van der Waals surface area contributed by atoms with Crippen molar-refractivity contribution in [2.24, 2.45) is 0 Å². The second kappa shape index (κ2) is 6.48. The lowest BCUT2D eigenvalue weighted by Crippen LogP contribution is -2.14. The van der Waals surface area contributed by atoms with Crippen molar-refractivity contribution >= 4 is 19.3 Å². The second-order valence-corrected chi connectivity index (χ2v) is 4.43. The van der Waals surface area contributed by atoms with Gasteiger partial charge < -0.3 is 4.74 Å². The van der Waals surface area contributed by atoms with E-state index in [-0.39, 0.29) is 5.97 Å². The van der Waals surface area contributed by atoms with E-state index in [9.17, 15) is 4.79 Å². The fourth-order valence-electron chi connectivity index (χ4n) is 1.91. The lowest BCUT2D eigenvalue weighted by molar-refractivity contribution is -0.142. The van der Waals surface area contributed by atoms with Crippen LogP contribution in [0.25, 0.3) is 0 Å². The van der Waals surface area contributed by atoms with Gasteiger partial charge >= 0.3 is 5.97 Å². The van der Waals surface area contributed by atoms with Gasteiger partial charge in [0.05, 0.1) is 0 Å². The molecular formula is C14H19BO2.